The lowest BCUT2D eigenvalue weighted by atomic mass is 9.90. The third kappa shape index (κ3) is 1.95. The largest absolute Gasteiger partial charge is 0.385 e. The van der Waals surface area contributed by atoms with Gasteiger partial charge in [-0.1, -0.05) is 28.8 Å². The van der Waals surface area contributed by atoms with Crippen LogP contribution in [0.5, 0.6) is 0 Å². The molecule has 1 N–H and O–H groups in total. The van der Waals surface area contributed by atoms with Crippen LogP contribution in [0.2, 0.25) is 0 Å². The molecular formula is C12H14BrFO. The van der Waals surface area contributed by atoms with Crippen molar-refractivity contribution in [2.24, 2.45) is 0 Å². The summed E-state index contributed by atoms with van der Waals surface area (Å²) in [7, 11) is 0. The Morgan fingerprint density at radius 3 is 2.53 bits per heavy atom. The van der Waals surface area contributed by atoms with Gasteiger partial charge in [0.05, 0.1) is 5.60 Å². The van der Waals surface area contributed by atoms with Crippen LogP contribution in [0.15, 0.2) is 16.6 Å². The molecule has 15 heavy (non-hydrogen) atoms. The van der Waals surface area contributed by atoms with Crippen molar-refractivity contribution in [2.45, 2.75) is 38.2 Å². The van der Waals surface area contributed by atoms with E-state index in [0.29, 0.717) is 24.0 Å². The Labute approximate surface area is 97.4 Å². The second kappa shape index (κ2) is 3.87. The van der Waals surface area contributed by atoms with Crippen molar-refractivity contribution >= 4 is 15.9 Å². The monoisotopic (exact) mass is 272 g/mol. The second-order valence-corrected chi connectivity index (χ2v) is 5.24. The average molecular weight is 273 g/mol. The predicted octanol–water partition coefficient (Wildman–Crippen LogP) is 3.66. The summed E-state index contributed by atoms with van der Waals surface area (Å²) in [4.78, 5) is 0. The van der Waals surface area contributed by atoms with Crippen LogP contribution in [0.3, 0.4) is 0 Å². The third-order valence-electron chi connectivity index (χ3n) is 3.15. The van der Waals surface area contributed by atoms with E-state index in [9.17, 15) is 9.50 Å². The van der Waals surface area contributed by atoms with E-state index in [1.807, 2.05) is 0 Å². The molecule has 1 aliphatic carbocycles. The molecule has 0 aliphatic heterocycles. The molecular weight excluding hydrogens is 259 g/mol. The first-order valence-electron chi connectivity index (χ1n) is 5.21. The summed E-state index contributed by atoms with van der Waals surface area (Å²) in [5, 5.41) is 10.3. The van der Waals surface area contributed by atoms with Crippen LogP contribution in [0, 0.1) is 12.7 Å². The molecule has 0 unspecified atom stereocenters. The van der Waals surface area contributed by atoms with Gasteiger partial charge in [-0.25, -0.2) is 4.39 Å². The lowest BCUT2D eigenvalue weighted by Gasteiger charge is -2.24. The van der Waals surface area contributed by atoms with Crippen molar-refractivity contribution in [3.8, 4) is 0 Å². The molecule has 0 atom stereocenters. The van der Waals surface area contributed by atoms with Gasteiger partial charge in [0.15, 0.2) is 0 Å². The molecule has 2 rings (SSSR count). The second-order valence-electron chi connectivity index (χ2n) is 4.32. The van der Waals surface area contributed by atoms with Crippen LogP contribution < -0.4 is 0 Å². The summed E-state index contributed by atoms with van der Waals surface area (Å²) in [6, 6.07) is 3.44. The van der Waals surface area contributed by atoms with Gasteiger partial charge < -0.3 is 5.11 Å². The Hall–Kier alpha value is -0.410. The van der Waals surface area contributed by atoms with E-state index >= 15 is 0 Å². The van der Waals surface area contributed by atoms with Crippen LogP contribution in [0.25, 0.3) is 0 Å². The SMILES string of the molecule is Cc1cc(Br)cc(C2(O)CCCC2)c1F. The summed E-state index contributed by atoms with van der Waals surface area (Å²) < 4.78 is 14.7. The van der Waals surface area contributed by atoms with Gasteiger partial charge >= 0.3 is 0 Å². The normalized spacial score (nSPS) is 19.5. The van der Waals surface area contributed by atoms with Crippen molar-refractivity contribution in [1.82, 2.24) is 0 Å². The fraction of sp³-hybridized carbons (Fsp3) is 0.500. The fourth-order valence-electron chi connectivity index (χ4n) is 2.29. The molecule has 1 aromatic carbocycles. The molecule has 1 aliphatic rings. The van der Waals surface area contributed by atoms with Gasteiger partial charge in [0.25, 0.3) is 0 Å². The molecule has 0 radical (unpaired) electrons. The standard InChI is InChI=1S/C12H14BrFO/c1-8-6-9(13)7-10(11(8)14)12(15)4-2-3-5-12/h6-7,15H,2-5H2,1H3. The number of aryl methyl sites for hydroxylation is 1. The van der Waals surface area contributed by atoms with Crippen LogP contribution in [0.1, 0.15) is 36.8 Å². The van der Waals surface area contributed by atoms with Crippen molar-refractivity contribution in [3.63, 3.8) is 0 Å². The van der Waals surface area contributed by atoms with E-state index < -0.39 is 5.60 Å². The van der Waals surface area contributed by atoms with E-state index in [1.165, 1.54) is 0 Å². The minimum absolute atomic E-state index is 0.261. The maximum absolute atomic E-state index is 13.9. The van der Waals surface area contributed by atoms with E-state index in [2.05, 4.69) is 15.9 Å². The van der Waals surface area contributed by atoms with Gasteiger partial charge in [-0.3, -0.25) is 0 Å². The Kier molecular flexibility index (Phi) is 2.86. The highest BCUT2D eigenvalue weighted by Crippen LogP contribution is 2.41. The predicted molar refractivity (Wildman–Crippen MR) is 61.2 cm³/mol. The minimum Gasteiger partial charge on any atom is -0.385 e. The first-order valence-corrected chi connectivity index (χ1v) is 6.01. The van der Waals surface area contributed by atoms with Gasteiger partial charge in [-0.15, -0.1) is 0 Å². The highest BCUT2D eigenvalue weighted by atomic mass is 79.9. The summed E-state index contributed by atoms with van der Waals surface area (Å²) >= 11 is 3.34. The number of halogens is 2. The maximum atomic E-state index is 13.9. The van der Waals surface area contributed by atoms with E-state index in [1.54, 1.807) is 19.1 Å². The van der Waals surface area contributed by atoms with Gasteiger partial charge in [0, 0.05) is 10.0 Å². The quantitative estimate of drug-likeness (QED) is 0.828. The van der Waals surface area contributed by atoms with Gasteiger partial charge in [-0.2, -0.15) is 0 Å². The topological polar surface area (TPSA) is 20.2 Å². The first-order chi connectivity index (χ1) is 7.03. The molecule has 1 fully saturated rings. The maximum Gasteiger partial charge on any atom is 0.132 e. The smallest absolute Gasteiger partial charge is 0.132 e. The lowest BCUT2D eigenvalue weighted by Crippen LogP contribution is -2.23. The molecule has 0 aromatic heterocycles. The van der Waals surface area contributed by atoms with E-state index in [-0.39, 0.29) is 5.82 Å². The number of benzene rings is 1. The molecule has 0 amide bonds. The molecule has 0 spiro atoms. The van der Waals surface area contributed by atoms with Crippen molar-refractivity contribution in [1.29, 1.82) is 0 Å². The summed E-state index contributed by atoms with van der Waals surface area (Å²) in [5.41, 5.74) is 0.0881. The molecule has 0 saturated heterocycles. The zero-order valence-corrected chi connectivity index (χ0v) is 10.3. The fourth-order valence-corrected chi connectivity index (χ4v) is 2.87. The van der Waals surface area contributed by atoms with E-state index in [4.69, 9.17) is 0 Å². The molecule has 3 heteroatoms. The Balaban J connectivity index is 2.51. The molecule has 1 aromatic rings. The highest BCUT2D eigenvalue weighted by Gasteiger charge is 2.35. The lowest BCUT2D eigenvalue weighted by molar-refractivity contribution is 0.0406. The van der Waals surface area contributed by atoms with Crippen molar-refractivity contribution < 1.29 is 9.50 Å². The van der Waals surface area contributed by atoms with Crippen molar-refractivity contribution in [3.05, 3.63) is 33.5 Å². The Morgan fingerprint density at radius 1 is 1.33 bits per heavy atom. The Bertz CT molecular complexity index is 383. The van der Waals surface area contributed by atoms with Crippen LogP contribution in [0.4, 0.5) is 4.39 Å². The Morgan fingerprint density at radius 2 is 1.93 bits per heavy atom. The molecule has 0 bridgehead atoms. The van der Waals surface area contributed by atoms with Crippen LogP contribution in [-0.4, -0.2) is 5.11 Å². The summed E-state index contributed by atoms with van der Waals surface area (Å²) in [6.07, 6.45) is 3.28. The summed E-state index contributed by atoms with van der Waals surface area (Å²) in [6.45, 7) is 1.72. The van der Waals surface area contributed by atoms with Gasteiger partial charge in [0.1, 0.15) is 5.82 Å². The number of aliphatic hydroxyl groups is 1. The summed E-state index contributed by atoms with van der Waals surface area (Å²) in [5.74, 6) is -0.261. The zero-order chi connectivity index (χ0) is 11.1. The molecule has 1 nitrogen and oxygen atoms in total. The minimum atomic E-state index is -0.946. The van der Waals surface area contributed by atoms with Crippen LogP contribution >= 0.6 is 15.9 Å². The van der Waals surface area contributed by atoms with Gasteiger partial charge in [0.2, 0.25) is 0 Å². The number of rotatable bonds is 1. The number of hydrogen-bond donors (Lipinski definition) is 1. The average Bonchev–Trinajstić information content (AvgIpc) is 2.59. The highest BCUT2D eigenvalue weighted by molar-refractivity contribution is 9.10. The zero-order valence-electron chi connectivity index (χ0n) is 8.69. The third-order valence-corrected chi connectivity index (χ3v) is 3.61. The van der Waals surface area contributed by atoms with E-state index in [0.717, 1.165) is 17.3 Å². The van der Waals surface area contributed by atoms with Gasteiger partial charge in [-0.05, 0) is 37.5 Å². The molecule has 1 saturated carbocycles. The van der Waals surface area contributed by atoms with Crippen molar-refractivity contribution in [2.75, 3.05) is 0 Å². The molecule has 82 valence electrons. The van der Waals surface area contributed by atoms with Crippen LogP contribution in [-0.2, 0) is 5.60 Å². The first kappa shape index (κ1) is 11.1. The number of hydrogen-bond acceptors (Lipinski definition) is 1. The molecule has 0 heterocycles.